The van der Waals surface area contributed by atoms with E-state index in [1.807, 2.05) is 0 Å². The van der Waals surface area contributed by atoms with E-state index in [1.165, 1.54) is 18.5 Å². The number of nitrogens with one attached hydrogen (secondary N) is 2. The number of carbonyl (C=O) groups excluding carboxylic acids is 1. The molecule has 1 aromatic heterocycles. The van der Waals surface area contributed by atoms with Gasteiger partial charge < -0.3 is 15.1 Å². The van der Waals surface area contributed by atoms with Gasteiger partial charge in [0.2, 0.25) is 0 Å². The number of benzene rings is 1. The monoisotopic (exact) mass is 341 g/mol. The third-order valence-electron chi connectivity index (χ3n) is 2.76. The van der Waals surface area contributed by atoms with Crippen LogP contribution in [0, 0.1) is 10.1 Å². The van der Waals surface area contributed by atoms with Crippen molar-refractivity contribution in [3.63, 3.8) is 0 Å². The van der Waals surface area contributed by atoms with Crippen LogP contribution in [0.2, 0.25) is 0 Å². The summed E-state index contributed by atoms with van der Waals surface area (Å²) < 4.78 is 43.5. The number of urea groups is 1. The molecule has 126 valence electrons. The fraction of sp³-hybridized carbons (Fsp3) is 0.0714. The Hall–Kier alpha value is -3.30. The maximum atomic E-state index is 12.8. The minimum Gasteiger partial charge on any atom is -0.465 e. The van der Waals surface area contributed by atoms with Gasteiger partial charge in [0.15, 0.2) is 0 Å². The Morgan fingerprint density at radius 3 is 2.62 bits per heavy atom. The maximum absolute atomic E-state index is 12.8. The lowest BCUT2D eigenvalue weighted by atomic mass is 10.1. The summed E-state index contributed by atoms with van der Waals surface area (Å²) in [4.78, 5) is 21.1. The summed E-state index contributed by atoms with van der Waals surface area (Å²) >= 11 is 0. The second kappa shape index (κ2) is 6.86. The van der Waals surface area contributed by atoms with E-state index in [2.05, 4.69) is 10.6 Å². The van der Waals surface area contributed by atoms with E-state index in [-0.39, 0.29) is 5.69 Å². The molecule has 0 atom stereocenters. The van der Waals surface area contributed by atoms with Gasteiger partial charge in [-0.25, -0.2) is 4.79 Å². The predicted molar refractivity (Wildman–Crippen MR) is 78.0 cm³/mol. The Morgan fingerprint density at radius 1 is 1.29 bits per heavy atom. The van der Waals surface area contributed by atoms with Gasteiger partial charge in [0.25, 0.3) is 5.69 Å². The number of alkyl halides is 3. The Bertz CT molecular complexity index is 770. The standard InChI is InChI=1S/C14H10F3N3O4/c15-14(16,17)11-8-9(3-4-12(11)20(22)23)19-13(21)18-6-5-10-2-1-7-24-10/h1-8H,(H2,18,19,21)/b6-5+. The molecule has 1 aromatic carbocycles. The number of halogens is 3. The lowest BCUT2D eigenvalue weighted by Crippen LogP contribution is -2.24. The van der Waals surface area contributed by atoms with Crippen molar-refractivity contribution < 1.29 is 27.3 Å². The summed E-state index contributed by atoms with van der Waals surface area (Å²) in [7, 11) is 0. The molecule has 0 saturated carbocycles. The first-order valence-electron chi connectivity index (χ1n) is 6.40. The van der Waals surface area contributed by atoms with E-state index < -0.39 is 28.4 Å². The molecule has 0 radical (unpaired) electrons. The van der Waals surface area contributed by atoms with Gasteiger partial charge in [-0.1, -0.05) is 0 Å². The largest absolute Gasteiger partial charge is 0.465 e. The van der Waals surface area contributed by atoms with E-state index in [0.717, 1.165) is 6.07 Å². The van der Waals surface area contributed by atoms with Crippen molar-refractivity contribution in [3.05, 3.63) is 64.2 Å². The average molecular weight is 341 g/mol. The lowest BCUT2D eigenvalue weighted by molar-refractivity contribution is -0.388. The van der Waals surface area contributed by atoms with Gasteiger partial charge >= 0.3 is 12.2 Å². The van der Waals surface area contributed by atoms with E-state index in [0.29, 0.717) is 17.9 Å². The zero-order chi connectivity index (χ0) is 17.7. The van der Waals surface area contributed by atoms with Gasteiger partial charge in [-0.15, -0.1) is 0 Å². The number of nitro benzene ring substituents is 1. The van der Waals surface area contributed by atoms with Crippen molar-refractivity contribution in [1.82, 2.24) is 5.32 Å². The van der Waals surface area contributed by atoms with Crippen LogP contribution in [-0.2, 0) is 6.18 Å². The molecule has 0 bridgehead atoms. The summed E-state index contributed by atoms with van der Waals surface area (Å²) in [5, 5.41) is 15.0. The van der Waals surface area contributed by atoms with Crippen LogP contribution < -0.4 is 10.6 Å². The summed E-state index contributed by atoms with van der Waals surface area (Å²) in [6, 6.07) is 4.62. The number of furan rings is 1. The Kier molecular flexibility index (Phi) is 4.87. The van der Waals surface area contributed by atoms with Crippen LogP contribution in [0.15, 0.2) is 47.2 Å². The van der Waals surface area contributed by atoms with Crippen molar-refractivity contribution in [1.29, 1.82) is 0 Å². The highest BCUT2D eigenvalue weighted by molar-refractivity contribution is 5.90. The molecule has 0 saturated heterocycles. The fourth-order valence-corrected chi connectivity index (χ4v) is 1.75. The van der Waals surface area contributed by atoms with Crippen LogP contribution in [0.5, 0.6) is 0 Å². The molecule has 0 spiro atoms. The highest BCUT2D eigenvalue weighted by Gasteiger charge is 2.38. The Morgan fingerprint density at radius 2 is 2.04 bits per heavy atom. The van der Waals surface area contributed by atoms with E-state index in [1.54, 1.807) is 12.1 Å². The Balaban J connectivity index is 2.09. The second-order valence-electron chi connectivity index (χ2n) is 4.43. The SMILES string of the molecule is O=C(N/C=C/c1ccco1)Nc1ccc([N+](=O)[O-])c(C(F)(F)F)c1. The molecule has 2 rings (SSSR count). The number of anilines is 1. The number of amides is 2. The van der Waals surface area contributed by atoms with Crippen molar-refractivity contribution >= 4 is 23.5 Å². The molecule has 1 heterocycles. The average Bonchev–Trinajstić information content (AvgIpc) is 2.99. The molecule has 2 amide bonds. The minimum absolute atomic E-state index is 0.239. The van der Waals surface area contributed by atoms with Gasteiger partial charge in [-0.3, -0.25) is 10.1 Å². The number of hydrogen-bond acceptors (Lipinski definition) is 4. The van der Waals surface area contributed by atoms with Gasteiger partial charge in [0.05, 0.1) is 11.2 Å². The van der Waals surface area contributed by atoms with Crippen molar-refractivity contribution in [2.24, 2.45) is 0 Å². The second-order valence-corrected chi connectivity index (χ2v) is 4.43. The smallest absolute Gasteiger partial charge is 0.423 e. The number of hydrogen-bond donors (Lipinski definition) is 2. The Labute approximate surface area is 132 Å². The fourth-order valence-electron chi connectivity index (χ4n) is 1.75. The third-order valence-corrected chi connectivity index (χ3v) is 2.76. The molecule has 7 nitrogen and oxygen atoms in total. The molecule has 0 unspecified atom stereocenters. The summed E-state index contributed by atoms with van der Waals surface area (Å²) in [5.74, 6) is 0.463. The van der Waals surface area contributed by atoms with Gasteiger partial charge in [0, 0.05) is 18.0 Å². The summed E-state index contributed by atoms with van der Waals surface area (Å²) in [6.45, 7) is 0. The van der Waals surface area contributed by atoms with Crippen molar-refractivity contribution in [3.8, 4) is 0 Å². The van der Waals surface area contributed by atoms with Crippen molar-refractivity contribution in [2.45, 2.75) is 6.18 Å². The highest BCUT2D eigenvalue weighted by Crippen LogP contribution is 2.37. The van der Waals surface area contributed by atoms with Gasteiger partial charge in [-0.2, -0.15) is 13.2 Å². The number of nitrogens with zero attached hydrogens (tertiary/aromatic N) is 1. The van der Waals surface area contributed by atoms with Crippen molar-refractivity contribution in [2.75, 3.05) is 5.32 Å². The molecule has 2 N–H and O–H groups in total. The molecule has 0 aliphatic heterocycles. The molecule has 0 aliphatic carbocycles. The van der Waals surface area contributed by atoms with Crippen LogP contribution in [-0.4, -0.2) is 11.0 Å². The maximum Gasteiger partial charge on any atom is 0.423 e. The van der Waals surface area contributed by atoms with Crippen LogP contribution in [0.1, 0.15) is 11.3 Å². The molecule has 0 fully saturated rings. The predicted octanol–water partition coefficient (Wildman–Crippen LogP) is 4.00. The lowest BCUT2D eigenvalue weighted by Gasteiger charge is -2.10. The molecule has 0 aliphatic rings. The molecular weight excluding hydrogens is 331 g/mol. The van der Waals surface area contributed by atoms with Gasteiger partial charge in [-0.05, 0) is 30.3 Å². The number of nitro groups is 1. The minimum atomic E-state index is -4.92. The number of carbonyl (C=O) groups is 1. The first-order valence-corrected chi connectivity index (χ1v) is 6.40. The van der Waals surface area contributed by atoms with E-state index in [4.69, 9.17) is 4.42 Å². The first-order chi connectivity index (χ1) is 11.3. The normalized spacial score (nSPS) is 11.5. The van der Waals surface area contributed by atoms with Gasteiger partial charge in [0.1, 0.15) is 11.3 Å². The third kappa shape index (κ3) is 4.35. The molecule has 24 heavy (non-hydrogen) atoms. The topological polar surface area (TPSA) is 97.4 Å². The first kappa shape index (κ1) is 17.1. The zero-order valence-electron chi connectivity index (χ0n) is 11.8. The molecule has 10 heteroatoms. The van der Waals surface area contributed by atoms with E-state index in [9.17, 15) is 28.1 Å². The summed E-state index contributed by atoms with van der Waals surface area (Å²) in [6.07, 6.45) is -0.841. The quantitative estimate of drug-likeness (QED) is 0.649. The zero-order valence-corrected chi connectivity index (χ0v) is 11.8. The van der Waals surface area contributed by atoms with Crippen LogP contribution in [0.25, 0.3) is 6.08 Å². The molecule has 2 aromatic rings. The van der Waals surface area contributed by atoms with E-state index >= 15 is 0 Å². The highest BCUT2D eigenvalue weighted by atomic mass is 19.4. The number of rotatable bonds is 4. The van der Waals surface area contributed by atoms with Crippen LogP contribution in [0.3, 0.4) is 0 Å². The van der Waals surface area contributed by atoms with Crippen LogP contribution in [0.4, 0.5) is 29.3 Å². The summed E-state index contributed by atoms with van der Waals surface area (Å²) in [5.41, 5.74) is -2.78. The van der Waals surface area contributed by atoms with Crippen LogP contribution >= 0.6 is 0 Å². The molecular formula is C14H10F3N3O4.